The average molecular weight is 357 g/mol. The molecule has 0 aliphatic heterocycles. The van der Waals surface area contributed by atoms with Crippen molar-refractivity contribution in [1.29, 1.82) is 0 Å². The summed E-state index contributed by atoms with van der Waals surface area (Å²) in [6.07, 6.45) is 0. The van der Waals surface area contributed by atoms with E-state index in [4.69, 9.17) is 4.74 Å². The molecular weight excluding hydrogens is 338 g/mol. The van der Waals surface area contributed by atoms with Crippen LogP contribution in [0.1, 0.15) is 22.8 Å². The molecule has 0 saturated heterocycles. The number of rotatable bonds is 5. The number of ketones is 1. The van der Waals surface area contributed by atoms with Crippen LogP contribution in [0.4, 0.5) is 0 Å². The van der Waals surface area contributed by atoms with Gasteiger partial charge in [0.15, 0.2) is 12.4 Å². The van der Waals surface area contributed by atoms with E-state index in [1.807, 2.05) is 42.5 Å². The normalized spacial score (nSPS) is 9.96. The van der Waals surface area contributed by atoms with Gasteiger partial charge in [-0.05, 0) is 42.0 Å². The lowest BCUT2D eigenvalue weighted by atomic mass is 10.1. The Kier molecular flexibility index (Phi) is 5.86. The Bertz CT molecular complexity index is 1030. The van der Waals surface area contributed by atoms with Gasteiger partial charge in [0, 0.05) is 11.1 Å². The van der Waals surface area contributed by atoms with Crippen molar-refractivity contribution in [1.82, 2.24) is 5.32 Å². The summed E-state index contributed by atoms with van der Waals surface area (Å²) in [5.41, 5.74) is 1.45. The lowest BCUT2D eigenvalue weighted by Crippen LogP contribution is -2.29. The average Bonchev–Trinajstić information content (AvgIpc) is 2.70. The van der Waals surface area contributed by atoms with Crippen LogP contribution < -0.4 is 10.1 Å². The largest absolute Gasteiger partial charge is 0.484 e. The number of hydrogen-bond donors (Lipinski definition) is 1. The maximum Gasteiger partial charge on any atom is 0.258 e. The van der Waals surface area contributed by atoms with Gasteiger partial charge in [-0.3, -0.25) is 9.59 Å². The number of nitrogens with one attached hydrogen (secondary N) is 1. The fraction of sp³-hybridized carbons (Fsp3) is 0.130. The van der Waals surface area contributed by atoms with Gasteiger partial charge in [-0.1, -0.05) is 54.3 Å². The molecule has 0 aromatic heterocycles. The first-order valence-electron chi connectivity index (χ1n) is 8.60. The zero-order valence-electron chi connectivity index (χ0n) is 15.0. The third-order valence-electron chi connectivity index (χ3n) is 3.99. The van der Waals surface area contributed by atoms with Gasteiger partial charge in [-0.2, -0.15) is 0 Å². The van der Waals surface area contributed by atoms with E-state index in [0.717, 1.165) is 16.3 Å². The Balaban J connectivity index is 1.46. The molecule has 3 aromatic rings. The predicted molar refractivity (Wildman–Crippen MR) is 106 cm³/mol. The van der Waals surface area contributed by atoms with Crippen molar-refractivity contribution < 1.29 is 14.3 Å². The van der Waals surface area contributed by atoms with Crippen molar-refractivity contribution >= 4 is 22.5 Å². The molecule has 134 valence electrons. The molecule has 0 spiro atoms. The second-order valence-electron chi connectivity index (χ2n) is 6.01. The highest BCUT2D eigenvalue weighted by atomic mass is 16.5. The Hall–Kier alpha value is -3.58. The molecule has 0 saturated carbocycles. The van der Waals surface area contributed by atoms with Gasteiger partial charge in [-0.25, -0.2) is 0 Å². The van der Waals surface area contributed by atoms with E-state index in [0.29, 0.717) is 11.3 Å². The van der Waals surface area contributed by atoms with E-state index >= 15 is 0 Å². The van der Waals surface area contributed by atoms with Crippen LogP contribution in [-0.2, 0) is 4.79 Å². The van der Waals surface area contributed by atoms with E-state index in [-0.39, 0.29) is 24.8 Å². The molecular formula is C23H19NO3. The Labute approximate surface area is 158 Å². The van der Waals surface area contributed by atoms with Gasteiger partial charge >= 0.3 is 0 Å². The number of ether oxygens (including phenoxy) is 1. The van der Waals surface area contributed by atoms with Crippen LogP contribution in [0.3, 0.4) is 0 Å². The molecule has 1 N–H and O–H groups in total. The van der Waals surface area contributed by atoms with Crippen LogP contribution in [0, 0.1) is 11.8 Å². The fourth-order valence-corrected chi connectivity index (χ4v) is 2.53. The van der Waals surface area contributed by atoms with Gasteiger partial charge in [0.2, 0.25) is 0 Å². The standard InChI is InChI=1S/C23H19NO3/c1-17(25)19-10-8-18(9-11-19)5-4-14-24-23(26)16-27-22-13-12-20-6-2-3-7-21(20)15-22/h2-3,6-13,15H,14,16H2,1H3,(H,24,26). The lowest BCUT2D eigenvalue weighted by molar-refractivity contribution is -0.122. The topological polar surface area (TPSA) is 55.4 Å². The van der Waals surface area contributed by atoms with Crippen LogP contribution in [0.2, 0.25) is 0 Å². The summed E-state index contributed by atoms with van der Waals surface area (Å²) >= 11 is 0. The summed E-state index contributed by atoms with van der Waals surface area (Å²) in [6.45, 7) is 1.69. The Morgan fingerprint density at radius 2 is 1.70 bits per heavy atom. The molecule has 3 rings (SSSR count). The second-order valence-corrected chi connectivity index (χ2v) is 6.01. The van der Waals surface area contributed by atoms with Gasteiger partial charge in [0.1, 0.15) is 5.75 Å². The van der Waals surface area contributed by atoms with Crippen molar-refractivity contribution in [3.8, 4) is 17.6 Å². The number of amides is 1. The second kappa shape index (κ2) is 8.68. The minimum absolute atomic E-state index is 0.0215. The highest BCUT2D eigenvalue weighted by Crippen LogP contribution is 2.20. The molecule has 0 aliphatic carbocycles. The summed E-state index contributed by atoms with van der Waals surface area (Å²) < 4.78 is 5.53. The lowest BCUT2D eigenvalue weighted by Gasteiger charge is -2.07. The third kappa shape index (κ3) is 5.20. The smallest absolute Gasteiger partial charge is 0.258 e. The van der Waals surface area contributed by atoms with Crippen LogP contribution in [0.25, 0.3) is 10.8 Å². The van der Waals surface area contributed by atoms with Gasteiger partial charge in [0.25, 0.3) is 5.91 Å². The van der Waals surface area contributed by atoms with Gasteiger partial charge in [0.05, 0.1) is 6.54 Å². The highest BCUT2D eigenvalue weighted by molar-refractivity contribution is 5.94. The fourth-order valence-electron chi connectivity index (χ4n) is 2.53. The molecule has 3 aromatic carbocycles. The van der Waals surface area contributed by atoms with Crippen LogP contribution in [0.5, 0.6) is 5.75 Å². The van der Waals surface area contributed by atoms with Crippen molar-refractivity contribution in [3.63, 3.8) is 0 Å². The summed E-state index contributed by atoms with van der Waals surface area (Å²) in [6, 6.07) is 20.7. The zero-order valence-corrected chi connectivity index (χ0v) is 15.0. The number of fused-ring (bicyclic) bond motifs is 1. The molecule has 4 heteroatoms. The minimum Gasteiger partial charge on any atom is -0.484 e. The van der Waals surface area contributed by atoms with Crippen molar-refractivity contribution in [2.24, 2.45) is 0 Å². The number of carbonyl (C=O) groups is 2. The van der Waals surface area contributed by atoms with Gasteiger partial charge < -0.3 is 10.1 Å². The van der Waals surface area contributed by atoms with E-state index in [1.54, 1.807) is 24.3 Å². The summed E-state index contributed by atoms with van der Waals surface area (Å²) in [7, 11) is 0. The Morgan fingerprint density at radius 3 is 2.44 bits per heavy atom. The number of benzene rings is 3. The van der Waals surface area contributed by atoms with Crippen molar-refractivity contribution in [2.75, 3.05) is 13.2 Å². The van der Waals surface area contributed by atoms with Gasteiger partial charge in [-0.15, -0.1) is 0 Å². The van der Waals surface area contributed by atoms with Crippen LogP contribution in [-0.4, -0.2) is 24.8 Å². The van der Waals surface area contributed by atoms with Crippen LogP contribution in [0.15, 0.2) is 66.7 Å². The molecule has 0 unspecified atom stereocenters. The maximum absolute atomic E-state index is 11.9. The first-order chi connectivity index (χ1) is 13.1. The third-order valence-corrected chi connectivity index (χ3v) is 3.99. The first-order valence-corrected chi connectivity index (χ1v) is 8.60. The van der Waals surface area contributed by atoms with E-state index in [9.17, 15) is 9.59 Å². The minimum atomic E-state index is -0.232. The zero-order chi connectivity index (χ0) is 19.1. The molecule has 4 nitrogen and oxygen atoms in total. The number of hydrogen-bond acceptors (Lipinski definition) is 3. The van der Waals surface area contributed by atoms with E-state index in [1.165, 1.54) is 6.92 Å². The number of carbonyl (C=O) groups excluding carboxylic acids is 2. The quantitative estimate of drug-likeness (QED) is 0.561. The Morgan fingerprint density at radius 1 is 0.963 bits per heavy atom. The molecule has 0 heterocycles. The molecule has 1 amide bonds. The molecule has 27 heavy (non-hydrogen) atoms. The molecule has 0 fully saturated rings. The summed E-state index contributed by atoms with van der Waals surface area (Å²) in [4.78, 5) is 23.1. The van der Waals surface area contributed by atoms with Crippen molar-refractivity contribution in [2.45, 2.75) is 6.92 Å². The summed E-state index contributed by atoms with van der Waals surface area (Å²) in [5.74, 6) is 6.27. The van der Waals surface area contributed by atoms with Crippen molar-refractivity contribution in [3.05, 3.63) is 77.9 Å². The predicted octanol–water partition coefficient (Wildman–Crippen LogP) is 3.59. The SMILES string of the molecule is CC(=O)c1ccc(C#CCNC(=O)COc2ccc3ccccc3c2)cc1. The monoisotopic (exact) mass is 357 g/mol. The molecule has 0 aliphatic rings. The molecule has 0 bridgehead atoms. The molecule has 0 radical (unpaired) electrons. The van der Waals surface area contributed by atoms with E-state index in [2.05, 4.69) is 17.2 Å². The first kappa shape index (κ1) is 18.2. The highest BCUT2D eigenvalue weighted by Gasteiger charge is 2.02. The van der Waals surface area contributed by atoms with Crippen LogP contribution >= 0.6 is 0 Å². The molecule has 0 atom stereocenters. The summed E-state index contributed by atoms with van der Waals surface area (Å²) in [5, 5.41) is 4.89. The van der Waals surface area contributed by atoms with E-state index < -0.39 is 0 Å². The number of Topliss-reactive ketones (excluding diaryl/α,β-unsaturated/α-hetero) is 1. The maximum atomic E-state index is 11.9.